The van der Waals surface area contributed by atoms with Gasteiger partial charge in [0, 0.05) is 26.3 Å². The second-order valence-corrected chi connectivity index (χ2v) is 4.60. The summed E-state index contributed by atoms with van der Waals surface area (Å²) in [5.74, 6) is -0.0548. The van der Waals surface area contributed by atoms with Gasteiger partial charge in [-0.15, -0.1) is 0 Å². The Bertz CT molecular complexity index is 528. The van der Waals surface area contributed by atoms with Gasteiger partial charge in [-0.2, -0.15) is 0 Å². The summed E-state index contributed by atoms with van der Waals surface area (Å²) in [5, 5.41) is 16.3. The molecule has 0 bridgehead atoms. The maximum absolute atomic E-state index is 12.1. The number of pyridine rings is 1. The zero-order valence-corrected chi connectivity index (χ0v) is 11.3. The van der Waals surface area contributed by atoms with Crippen molar-refractivity contribution in [2.75, 3.05) is 19.5 Å². The third-order valence-electron chi connectivity index (χ3n) is 3.33. The SMILES string of the molecule is CNc1ncc([N+](=O)[O-])cc1C(=O)NC1CC(OC)C1. The predicted octanol–water partition coefficient (Wildman–Crippen LogP) is 0.939. The summed E-state index contributed by atoms with van der Waals surface area (Å²) >= 11 is 0. The molecule has 1 aliphatic carbocycles. The minimum absolute atomic E-state index is 0.0384. The molecule has 2 N–H and O–H groups in total. The Morgan fingerprint density at radius 2 is 2.25 bits per heavy atom. The summed E-state index contributed by atoms with van der Waals surface area (Å²) in [5.41, 5.74) is -0.0416. The minimum Gasteiger partial charge on any atom is -0.381 e. The number of carbonyl (C=O) groups is 1. The van der Waals surface area contributed by atoms with Crippen molar-refractivity contribution in [3.8, 4) is 0 Å². The molecule has 0 saturated heterocycles. The maximum Gasteiger partial charge on any atom is 0.288 e. The fraction of sp³-hybridized carbons (Fsp3) is 0.500. The van der Waals surface area contributed by atoms with E-state index in [1.807, 2.05) is 0 Å². The second-order valence-electron chi connectivity index (χ2n) is 4.60. The molecule has 0 atom stereocenters. The van der Waals surface area contributed by atoms with Gasteiger partial charge in [-0.3, -0.25) is 14.9 Å². The van der Waals surface area contributed by atoms with Gasteiger partial charge in [-0.05, 0) is 12.8 Å². The second kappa shape index (κ2) is 5.83. The van der Waals surface area contributed by atoms with Gasteiger partial charge in [-0.1, -0.05) is 0 Å². The van der Waals surface area contributed by atoms with Gasteiger partial charge in [0.2, 0.25) is 0 Å². The lowest BCUT2D eigenvalue weighted by atomic mass is 9.89. The smallest absolute Gasteiger partial charge is 0.288 e. The van der Waals surface area contributed by atoms with Crippen LogP contribution in [-0.2, 0) is 4.74 Å². The Hall–Kier alpha value is -2.22. The van der Waals surface area contributed by atoms with Crippen LogP contribution in [-0.4, -0.2) is 42.1 Å². The molecule has 1 aliphatic rings. The van der Waals surface area contributed by atoms with Gasteiger partial charge in [-0.25, -0.2) is 4.98 Å². The van der Waals surface area contributed by atoms with Crippen LogP contribution >= 0.6 is 0 Å². The number of nitrogens with one attached hydrogen (secondary N) is 2. The van der Waals surface area contributed by atoms with Crippen LogP contribution in [0.25, 0.3) is 0 Å². The highest BCUT2D eigenvalue weighted by molar-refractivity contribution is 5.99. The van der Waals surface area contributed by atoms with Gasteiger partial charge >= 0.3 is 0 Å². The van der Waals surface area contributed by atoms with Crippen LogP contribution in [0.1, 0.15) is 23.2 Å². The summed E-state index contributed by atoms with van der Waals surface area (Å²) in [6.45, 7) is 0. The Morgan fingerprint density at radius 3 is 2.80 bits per heavy atom. The number of carbonyl (C=O) groups excluding carboxylic acids is 1. The molecule has 20 heavy (non-hydrogen) atoms. The number of anilines is 1. The van der Waals surface area contributed by atoms with E-state index in [0.717, 1.165) is 19.0 Å². The molecule has 8 nitrogen and oxygen atoms in total. The van der Waals surface area contributed by atoms with Crippen LogP contribution in [0.15, 0.2) is 12.3 Å². The van der Waals surface area contributed by atoms with Crippen molar-refractivity contribution in [1.82, 2.24) is 10.3 Å². The van der Waals surface area contributed by atoms with E-state index < -0.39 is 4.92 Å². The van der Waals surface area contributed by atoms with Gasteiger partial charge in [0.1, 0.15) is 12.0 Å². The molecule has 1 saturated carbocycles. The van der Waals surface area contributed by atoms with E-state index in [1.165, 1.54) is 6.07 Å². The first-order valence-electron chi connectivity index (χ1n) is 6.21. The van der Waals surface area contributed by atoms with Crippen molar-refractivity contribution in [2.24, 2.45) is 0 Å². The van der Waals surface area contributed by atoms with E-state index in [2.05, 4.69) is 15.6 Å². The zero-order valence-electron chi connectivity index (χ0n) is 11.3. The van der Waals surface area contributed by atoms with E-state index in [9.17, 15) is 14.9 Å². The highest BCUT2D eigenvalue weighted by Crippen LogP contribution is 2.24. The number of nitro groups is 1. The lowest BCUT2D eigenvalue weighted by Gasteiger charge is -2.34. The predicted molar refractivity (Wildman–Crippen MR) is 71.7 cm³/mol. The van der Waals surface area contributed by atoms with Gasteiger partial charge in [0.25, 0.3) is 11.6 Å². The molecule has 0 spiro atoms. The van der Waals surface area contributed by atoms with Gasteiger partial charge in [0.05, 0.1) is 16.6 Å². The number of nitrogens with zero attached hydrogens (tertiary/aromatic N) is 2. The maximum atomic E-state index is 12.1. The Labute approximate surface area is 115 Å². The number of hydrogen-bond acceptors (Lipinski definition) is 6. The average Bonchev–Trinajstić information content (AvgIpc) is 2.41. The fourth-order valence-corrected chi connectivity index (χ4v) is 2.06. The van der Waals surface area contributed by atoms with E-state index in [1.54, 1.807) is 14.2 Å². The first kappa shape index (κ1) is 14.2. The summed E-state index contributed by atoms with van der Waals surface area (Å²) < 4.78 is 5.13. The van der Waals surface area contributed by atoms with E-state index in [4.69, 9.17) is 4.74 Å². The molecule has 0 radical (unpaired) electrons. The van der Waals surface area contributed by atoms with Crippen LogP contribution in [0.3, 0.4) is 0 Å². The van der Waals surface area contributed by atoms with Gasteiger partial charge < -0.3 is 15.4 Å². The van der Waals surface area contributed by atoms with Crippen molar-refractivity contribution >= 4 is 17.4 Å². The summed E-state index contributed by atoms with van der Waals surface area (Å²) in [4.78, 5) is 26.2. The molecular weight excluding hydrogens is 264 g/mol. The van der Waals surface area contributed by atoms with Crippen LogP contribution in [0.4, 0.5) is 11.5 Å². The molecule has 1 heterocycles. The minimum atomic E-state index is -0.576. The van der Waals surface area contributed by atoms with Crippen molar-refractivity contribution < 1.29 is 14.5 Å². The standard InChI is InChI=1S/C12H16N4O4/c1-13-11-10(5-8(6-14-11)16(18)19)12(17)15-7-3-9(4-7)20-2/h5-7,9H,3-4H2,1-2H3,(H,13,14)(H,15,17). The van der Waals surface area contributed by atoms with Crippen LogP contribution in [0, 0.1) is 10.1 Å². The van der Waals surface area contributed by atoms with Crippen molar-refractivity contribution in [3.63, 3.8) is 0 Å². The number of ether oxygens (including phenoxy) is 1. The van der Waals surface area contributed by atoms with Crippen LogP contribution in [0.5, 0.6) is 0 Å². The monoisotopic (exact) mass is 280 g/mol. The zero-order chi connectivity index (χ0) is 14.7. The normalized spacial score (nSPS) is 20.9. The molecule has 2 rings (SSSR count). The lowest BCUT2D eigenvalue weighted by molar-refractivity contribution is -0.385. The van der Waals surface area contributed by atoms with Crippen molar-refractivity contribution in [1.29, 1.82) is 0 Å². The Balaban J connectivity index is 2.11. The largest absolute Gasteiger partial charge is 0.381 e. The molecule has 1 amide bonds. The average molecular weight is 280 g/mol. The molecule has 1 fully saturated rings. The number of hydrogen-bond donors (Lipinski definition) is 2. The number of aromatic nitrogens is 1. The number of methoxy groups -OCH3 is 1. The summed E-state index contributed by atoms with van der Waals surface area (Å²) in [7, 11) is 3.24. The molecular formula is C12H16N4O4. The molecule has 108 valence electrons. The Morgan fingerprint density at radius 1 is 1.55 bits per heavy atom. The van der Waals surface area contributed by atoms with Crippen LogP contribution < -0.4 is 10.6 Å². The molecule has 0 aliphatic heterocycles. The summed E-state index contributed by atoms with van der Waals surface area (Å²) in [6.07, 6.45) is 2.79. The fourth-order valence-electron chi connectivity index (χ4n) is 2.06. The highest BCUT2D eigenvalue weighted by Gasteiger charge is 2.31. The van der Waals surface area contributed by atoms with E-state index in [-0.39, 0.29) is 29.3 Å². The van der Waals surface area contributed by atoms with Crippen LogP contribution in [0.2, 0.25) is 0 Å². The lowest BCUT2D eigenvalue weighted by Crippen LogP contribution is -2.47. The van der Waals surface area contributed by atoms with E-state index >= 15 is 0 Å². The van der Waals surface area contributed by atoms with E-state index in [0.29, 0.717) is 5.82 Å². The summed E-state index contributed by atoms with van der Waals surface area (Å²) in [6, 6.07) is 1.26. The quantitative estimate of drug-likeness (QED) is 0.614. The van der Waals surface area contributed by atoms with Crippen molar-refractivity contribution in [2.45, 2.75) is 25.0 Å². The first-order chi connectivity index (χ1) is 9.55. The first-order valence-corrected chi connectivity index (χ1v) is 6.21. The third-order valence-corrected chi connectivity index (χ3v) is 3.33. The van der Waals surface area contributed by atoms with Crippen molar-refractivity contribution in [3.05, 3.63) is 27.9 Å². The van der Waals surface area contributed by atoms with Gasteiger partial charge in [0.15, 0.2) is 0 Å². The number of amides is 1. The topological polar surface area (TPSA) is 106 Å². The molecule has 1 aromatic heterocycles. The molecule has 0 unspecified atom stereocenters. The molecule has 1 aromatic rings. The number of rotatable bonds is 5. The molecule has 0 aromatic carbocycles. The molecule has 8 heteroatoms. The Kier molecular flexibility index (Phi) is 4.14. The third kappa shape index (κ3) is 2.85. The highest BCUT2D eigenvalue weighted by atomic mass is 16.6.